The summed E-state index contributed by atoms with van der Waals surface area (Å²) in [5.41, 5.74) is 3.28. The van der Waals surface area contributed by atoms with Crippen LogP contribution >= 0.6 is 15.9 Å². The Bertz CT molecular complexity index is 1200. The number of aromatic nitrogens is 1. The Morgan fingerprint density at radius 1 is 0.852 bits per heavy atom. The van der Waals surface area contributed by atoms with E-state index in [1.807, 2.05) is 24.3 Å². The van der Waals surface area contributed by atoms with Crippen molar-refractivity contribution in [3.8, 4) is 28.3 Å². The molecule has 27 heavy (non-hydrogen) atoms. The Morgan fingerprint density at radius 3 is 2.30 bits per heavy atom. The van der Waals surface area contributed by atoms with Gasteiger partial charge in [-0.3, -0.25) is 9.36 Å². The molecule has 0 bridgehead atoms. The highest BCUT2D eigenvalue weighted by Crippen LogP contribution is 2.31. The van der Waals surface area contributed by atoms with Crippen LogP contribution < -0.4 is 5.56 Å². The Morgan fingerprint density at radius 2 is 1.56 bits per heavy atom. The van der Waals surface area contributed by atoms with Crippen molar-refractivity contribution in [1.82, 2.24) is 4.57 Å². The van der Waals surface area contributed by atoms with Gasteiger partial charge >= 0.3 is 0 Å². The Balaban J connectivity index is 2.10. The summed E-state index contributed by atoms with van der Waals surface area (Å²) in [5.74, 6) is 0.268. The minimum atomic E-state index is -0.152. The fourth-order valence-corrected chi connectivity index (χ4v) is 3.71. The van der Waals surface area contributed by atoms with Crippen molar-refractivity contribution >= 4 is 26.7 Å². The second-order valence-electron chi connectivity index (χ2n) is 6.26. The summed E-state index contributed by atoms with van der Waals surface area (Å²) in [6, 6.07) is 19.3. The number of rotatable bonds is 3. The lowest BCUT2D eigenvalue weighted by atomic mass is 10.00. The number of hydrogen-bond acceptors (Lipinski definition) is 3. The zero-order chi connectivity index (χ0) is 19.0. The molecule has 0 atom stereocenters. The van der Waals surface area contributed by atoms with Gasteiger partial charge in [-0.15, -0.1) is 0 Å². The van der Waals surface area contributed by atoms with Gasteiger partial charge < -0.3 is 10.2 Å². The van der Waals surface area contributed by atoms with Crippen molar-refractivity contribution in [1.29, 1.82) is 0 Å². The standard InChI is InChI=1S/C22H16BrNO3/c23-12-15-3-1-2-4-21(15)24-13-20(14-5-7-16(25)8-6-14)19-11-17(26)9-10-18(19)22(24)27/h1-11,13,25-26H,12H2. The van der Waals surface area contributed by atoms with Crippen LogP contribution in [0.15, 0.2) is 77.7 Å². The van der Waals surface area contributed by atoms with Crippen LogP contribution in [0.1, 0.15) is 5.56 Å². The van der Waals surface area contributed by atoms with Gasteiger partial charge in [0.15, 0.2) is 0 Å². The fraction of sp³-hybridized carbons (Fsp3) is 0.0455. The molecule has 134 valence electrons. The summed E-state index contributed by atoms with van der Waals surface area (Å²) in [6.07, 6.45) is 1.79. The van der Waals surface area contributed by atoms with Crippen LogP contribution in [0.2, 0.25) is 0 Å². The predicted molar refractivity (Wildman–Crippen MR) is 111 cm³/mol. The largest absolute Gasteiger partial charge is 0.508 e. The van der Waals surface area contributed by atoms with E-state index in [1.165, 1.54) is 6.07 Å². The molecule has 0 aliphatic rings. The third-order valence-corrected chi connectivity index (χ3v) is 5.18. The van der Waals surface area contributed by atoms with Crippen molar-refractivity contribution in [2.45, 2.75) is 5.33 Å². The van der Waals surface area contributed by atoms with Crippen molar-refractivity contribution in [3.63, 3.8) is 0 Å². The van der Waals surface area contributed by atoms with E-state index in [4.69, 9.17) is 0 Å². The van der Waals surface area contributed by atoms with Crippen LogP contribution in [-0.2, 0) is 5.33 Å². The third kappa shape index (κ3) is 3.11. The van der Waals surface area contributed by atoms with E-state index in [2.05, 4.69) is 15.9 Å². The van der Waals surface area contributed by atoms with E-state index >= 15 is 0 Å². The lowest BCUT2D eigenvalue weighted by Gasteiger charge is -2.15. The number of halogens is 1. The molecule has 1 heterocycles. The molecule has 0 amide bonds. The zero-order valence-electron chi connectivity index (χ0n) is 14.3. The van der Waals surface area contributed by atoms with Gasteiger partial charge in [0.25, 0.3) is 5.56 Å². The summed E-state index contributed by atoms with van der Waals surface area (Å²) >= 11 is 3.48. The molecular weight excluding hydrogens is 406 g/mol. The van der Waals surface area contributed by atoms with Crippen LogP contribution in [0.4, 0.5) is 0 Å². The van der Waals surface area contributed by atoms with Crippen molar-refractivity contribution in [3.05, 3.63) is 88.8 Å². The van der Waals surface area contributed by atoms with E-state index in [0.717, 1.165) is 22.4 Å². The Labute approximate surface area is 164 Å². The van der Waals surface area contributed by atoms with E-state index in [-0.39, 0.29) is 17.1 Å². The number of hydrogen-bond donors (Lipinski definition) is 2. The van der Waals surface area contributed by atoms with Gasteiger partial charge in [-0.2, -0.15) is 0 Å². The second kappa shape index (κ2) is 6.93. The molecule has 3 aromatic carbocycles. The molecule has 0 aliphatic carbocycles. The molecule has 4 rings (SSSR count). The summed E-state index contributed by atoms with van der Waals surface area (Å²) in [4.78, 5) is 13.2. The Kier molecular flexibility index (Phi) is 4.46. The monoisotopic (exact) mass is 421 g/mol. The smallest absolute Gasteiger partial charge is 0.263 e. The van der Waals surface area contributed by atoms with Crippen molar-refractivity contribution in [2.24, 2.45) is 0 Å². The van der Waals surface area contributed by atoms with Crippen LogP contribution in [0.25, 0.3) is 27.6 Å². The fourth-order valence-electron chi connectivity index (χ4n) is 3.24. The average molecular weight is 422 g/mol. The highest BCUT2D eigenvalue weighted by Gasteiger charge is 2.14. The highest BCUT2D eigenvalue weighted by atomic mass is 79.9. The first-order chi connectivity index (χ1) is 13.1. The lowest BCUT2D eigenvalue weighted by molar-refractivity contribution is 0.475. The number of fused-ring (bicyclic) bond motifs is 1. The molecule has 5 heteroatoms. The molecular formula is C22H16BrNO3. The molecule has 0 fully saturated rings. The molecule has 2 N–H and O–H groups in total. The van der Waals surface area contributed by atoms with Crippen LogP contribution in [0, 0.1) is 0 Å². The normalized spacial score (nSPS) is 11.0. The maximum absolute atomic E-state index is 13.2. The summed E-state index contributed by atoms with van der Waals surface area (Å²) < 4.78 is 1.64. The van der Waals surface area contributed by atoms with Crippen molar-refractivity contribution < 1.29 is 10.2 Å². The third-order valence-electron chi connectivity index (χ3n) is 4.57. The molecule has 0 radical (unpaired) electrons. The van der Waals surface area contributed by atoms with Crippen LogP contribution in [0.3, 0.4) is 0 Å². The zero-order valence-corrected chi connectivity index (χ0v) is 15.8. The van der Waals surface area contributed by atoms with Gasteiger partial charge in [0.1, 0.15) is 11.5 Å². The molecule has 4 nitrogen and oxygen atoms in total. The highest BCUT2D eigenvalue weighted by molar-refractivity contribution is 9.08. The number of nitrogens with zero attached hydrogens (tertiary/aromatic N) is 1. The molecule has 0 aliphatic heterocycles. The molecule has 0 saturated heterocycles. The molecule has 0 saturated carbocycles. The van der Waals surface area contributed by atoms with Crippen LogP contribution in [0.5, 0.6) is 11.5 Å². The summed E-state index contributed by atoms with van der Waals surface area (Å²) in [5, 5.41) is 21.4. The summed E-state index contributed by atoms with van der Waals surface area (Å²) in [7, 11) is 0. The topological polar surface area (TPSA) is 62.5 Å². The van der Waals surface area contributed by atoms with Gasteiger partial charge in [-0.1, -0.05) is 46.3 Å². The predicted octanol–water partition coefficient (Wildman–Crippen LogP) is 4.96. The maximum Gasteiger partial charge on any atom is 0.263 e. The first kappa shape index (κ1) is 17.4. The number of phenols is 2. The number of benzene rings is 3. The molecule has 0 unspecified atom stereocenters. The molecule has 4 aromatic rings. The number of pyridine rings is 1. The first-order valence-electron chi connectivity index (χ1n) is 8.40. The van der Waals surface area contributed by atoms with Crippen molar-refractivity contribution in [2.75, 3.05) is 0 Å². The maximum atomic E-state index is 13.2. The van der Waals surface area contributed by atoms with Gasteiger partial charge in [0.2, 0.25) is 0 Å². The van der Waals surface area contributed by atoms with E-state index in [0.29, 0.717) is 16.1 Å². The van der Waals surface area contributed by atoms with E-state index < -0.39 is 0 Å². The van der Waals surface area contributed by atoms with E-state index in [1.54, 1.807) is 47.2 Å². The Hall–Kier alpha value is -3.05. The van der Waals surface area contributed by atoms with Gasteiger partial charge in [0.05, 0.1) is 5.69 Å². The number of phenolic OH excluding ortho intramolecular Hbond substituents is 2. The van der Waals surface area contributed by atoms with Gasteiger partial charge in [-0.25, -0.2) is 0 Å². The number of alkyl halides is 1. The lowest BCUT2D eigenvalue weighted by Crippen LogP contribution is -2.19. The summed E-state index contributed by atoms with van der Waals surface area (Å²) in [6.45, 7) is 0. The first-order valence-corrected chi connectivity index (χ1v) is 9.52. The quantitative estimate of drug-likeness (QED) is 0.459. The number of aromatic hydroxyl groups is 2. The second-order valence-corrected chi connectivity index (χ2v) is 6.82. The van der Waals surface area contributed by atoms with Gasteiger partial charge in [-0.05, 0) is 47.5 Å². The minimum absolute atomic E-state index is 0.0977. The van der Waals surface area contributed by atoms with Gasteiger partial charge in [0, 0.05) is 27.9 Å². The molecule has 1 aromatic heterocycles. The average Bonchev–Trinajstić information content (AvgIpc) is 2.69. The van der Waals surface area contributed by atoms with E-state index in [9.17, 15) is 15.0 Å². The van der Waals surface area contributed by atoms with Crippen LogP contribution in [-0.4, -0.2) is 14.8 Å². The SMILES string of the molecule is O=c1c2ccc(O)cc2c(-c2ccc(O)cc2)cn1-c1ccccc1CBr. The minimum Gasteiger partial charge on any atom is -0.508 e. The number of para-hydroxylation sites is 1. The molecule has 0 spiro atoms.